The Labute approximate surface area is 119 Å². The van der Waals surface area contributed by atoms with Gasteiger partial charge in [-0.25, -0.2) is 0 Å². The number of benzene rings is 1. The summed E-state index contributed by atoms with van der Waals surface area (Å²) in [7, 11) is 3.34. The number of anilines is 1. The largest absolute Gasteiger partial charge is 0.345 e. The fourth-order valence-electron chi connectivity index (χ4n) is 1.38. The van der Waals surface area contributed by atoms with Crippen LogP contribution in [-0.2, 0) is 4.79 Å². The molecule has 0 aliphatic carbocycles. The molecule has 1 unspecified atom stereocenters. The fourth-order valence-corrected chi connectivity index (χ4v) is 1.38. The van der Waals surface area contributed by atoms with Gasteiger partial charge in [-0.05, 0) is 12.1 Å². The highest BCUT2D eigenvalue weighted by molar-refractivity contribution is 6.03. The minimum Gasteiger partial charge on any atom is -0.345 e. The fraction of sp³-hybridized carbons (Fsp3) is 0.385. The van der Waals surface area contributed by atoms with Crippen LogP contribution in [0.25, 0.3) is 0 Å². The second-order valence-corrected chi connectivity index (χ2v) is 4.37. The van der Waals surface area contributed by atoms with Gasteiger partial charge in [-0.3, -0.25) is 9.59 Å². The summed E-state index contributed by atoms with van der Waals surface area (Å²) in [4.78, 5) is 25.2. The van der Waals surface area contributed by atoms with E-state index in [9.17, 15) is 9.59 Å². The molecule has 1 atom stereocenters. The molecule has 1 aromatic carbocycles. The highest BCUT2D eigenvalue weighted by Crippen LogP contribution is 2.17. The summed E-state index contributed by atoms with van der Waals surface area (Å²) in [5, 5.41) is 2.73. The van der Waals surface area contributed by atoms with Crippen molar-refractivity contribution in [2.45, 2.75) is 6.92 Å². The summed E-state index contributed by atoms with van der Waals surface area (Å²) >= 11 is 0. The minimum absolute atomic E-state index is 0. The maximum absolute atomic E-state index is 11.9. The molecule has 0 bridgehead atoms. The summed E-state index contributed by atoms with van der Waals surface area (Å²) < 4.78 is 0. The highest BCUT2D eigenvalue weighted by Gasteiger charge is 2.16. The molecule has 0 radical (unpaired) electrons. The van der Waals surface area contributed by atoms with Crippen molar-refractivity contribution in [1.82, 2.24) is 4.90 Å². The third kappa shape index (κ3) is 4.54. The lowest BCUT2D eigenvalue weighted by Crippen LogP contribution is -2.28. The molecule has 5 nitrogen and oxygen atoms in total. The Hall–Kier alpha value is -1.59. The normalized spacial score (nSPS) is 11.2. The molecule has 0 saturated carbocycles. The molecule has 1 aromatic rings. The number of hydrogen-bond donors (Lipinski definition) is 2. The number of hydrogen-bond acceptors (Lipinski definition) is 3. The second-order valence-electron chi connectivity index (χ2n) is 4.37. The third-order valence-corrected chi connectivity index (χ3v) is 2.62. The van der Waals surface area contributed by atoms with Gasteiger partial charge < -0.3 is 16.0 Å². The van der Waals surface area contributed by atoms with E-state index in [4.69, 9.17) is 5.73 Å². The minimum atomic E-state index is -0.285. The topological polar surface area (TPSA) is 75.4 Å². The van der Waals surface area contributed by atoms with Crippen molar-refractivity contribution >= 4 is 29.9 Å². The van der Waals surface area contributed by atoms with Crippen LogP contribution in [0.5, 0.6) is 0 Å². The summed E-state index contributed by atoms with van der Waals surface area (Å²) in [5.74, 6) is -0.615. The molecular formula is C13H20ClN3O2. The number of nitrogens with two attached hydrogens (primary N) is 1. The number of amides is 2. The number of carbonyl (C=O) groups excluding carboxylic acids is 2. The van der Waals surface area contributed by atoms with Gasteiger partial charge in [0.1, 0.15) is 0 Å². The van der Waals surface area contributed by atoms with Crippen molar-refractivity contribution in [3.05, 3.63) is 29.8 Å². The van der Waals surface area contributed by atoms with Gasteiger partial charge in [0.2, 0.25) is 5.91 Å². The lowest BCUT2D eigenvalue weighted by molar-refractivity contribution is -0.119. The van der Waals surface area contributed by atoms with Gasteiger partial charge in [0.15, 0.2) is 0 Å². The zero-order valence-electron chi connectivity index (χ0n) is 11.3. The molecule has 106 valence electrons. The van der Waals surface area contributed by atoms with Crippen LogP contribution in [0.1, 0.15) is 17.3 Å². The molecule has 0 spiro atoms. The SMILES string of the molecule is CC(CN)C(=O)Nc1ccccc1C(=O)N(C)C.Cl. The molecule has 2 amide bonds. The molecule has 0 heterocycles. The molecule has 1 rings (SSSR count). The van der Waals surface area contributed by atoms with Crippen molar-refractivity contribution < 1.29 is 9.59 Å². The first-order valence-electron chi connectivity index (χ1n) is 5.79. The number of para-hydroxylation sites is 1. The predicted octanol–water partition coefficient (Wildman–Crippen LogP) is 1.34. The molecular weight excluding hydrogens is 266 g/mol. The van der Waals surface area contributed by atoms with Crippen molar-refractivity contribution in [3.63, 3.8) is 0 Å². The van der Waals surface area contributed by atoms with E-state index in [2.05, 4.69) is 5.32 Å². The van der Waals surface area contributed by atoms with E-state index in [1.54, 1.807) is 45.3 Å². The smallest absolute Gasteiger partial charge is 0.255 e. The first-order chi connectivity index (χ1) is 8.47. The average Bonchev–Trinajstić information content (AvgIpc) is 2.37. The van der Waals surface area contributed by atoms with Crippen LogP contribution in [0.3, 0.4) is 0 Å². The standard InChI is InChI=1S/C13H19N3O2.ClH/c1-9(8-14)12(17)15-11-7-5-4-6-10(11)13(18)16(2)3;/h4-7,9H,8,14H2,1-3H3,(H,15,17);1H. The highest BCUT2D eigenvalue weighted by atomic mass is 35.5. The molecule has 3 N–H and O–H groups in total. The molecule has 0 fully saturated rings. The van der Waals surface area contributed by atoms with E-state index in [0.717, 1.165) is 0 Å². The monoisotopic (exact) mass is 285 g/mol. The summed E-state index contributed by atoms with van der Waals surface area (Å²) in [6.45, 7) is 2.02. The number of nitrogens with one attached hydrogen (secondary N) is 1. The molecule has 0 saturated heterocycles. The molecule has 6 heteroatoms. The van der Waals surface area contributed by atoms with Crippen LogP contribution in [0, 0.1) is 5.92 Å². The van der Waals surface area contributed by atoms with Crippen LogP contribution >= 0.6 is 12.4 Å². The van der Waals surface area contributed by atoms with Crippen molar-refractivity contribution in [3.8, 4) is 0 Å². The quantitative estimate of drug-likeness (QED) is 0.877. The number of carbonyl (C=O) groups is 2. The molecule has 19 heavy (non-hydrogen) atoms. The number of rotatable bonds is 4. The van der Waals surface area contributed by atoms with Gasteiger partial charge in [-0.15, -0.1) is 12.4 Å². The molecule has 0 aliphatic heterocycles. The van der Waals surface area contributed by atoms with Gasteiger partial charge >= 0.3 is 0 Å². The van der Waals surface area contributed by atoms with E-state index in [1.165, 1.54) is 4.90 Å². The lowest BCUT2D eigenvalue weighted by atomic mass is 10.1. The van der Waals surface area contributed by atoms with E-state index in [0.29, 0.717) is 11.3 Å². The Morgan fingerprint density at radius 2 is 1.89 bits per heavy atom. The van der Waals surface area contributed by atoms with Crippen molar-refractivity contribution in [2.24, 2.45) is 11.7 Å². The molecule has 0 aromatic heterocycles. The van der Waals surface area contributed by atoms with Crippen LogP contribution in [0.2, 0.25) is 0 Å². The van der Waals surface area contributed by atoms with Gasteiger partial charge in [-0.1, -0.05) is 19.1 Å². The Kier molecular flexibility index (Phi) is 7.11. The van der Waals surface area contributed by atoms with Gasteiger partial charge in [0.05, 0.1) is 11.3 Å². The first-order valence-corrected chi connectivity index (χ1v) is 5.79. The zero-order chi connectivity index (χ0) is 13.7. The molecule has 0 aliphatic rings. The predicted molar refractivity (Wildman–Crippen MR) is 78.6 cm³/mol. The maximum atomic E-state index is 11.9. The van der Waals surface area contributed by atoms with Crippen LogP contribution in [0.15, 0.2) is 24.3 Å². The van der Waals surface area contributed by atoms with Gasteiger partial charge in [0, 0.05) is 26.6 Å². The van der Waals surface area contributed by atoms with Gasteiger partial charge in [0.25, 0.3) is 5.91 Å². The zero-order valence-corrected chi connectivity index (χ0v) is 12.2. The second kappa shape index (κ2) is 7.76. The summed E-state index contributed by atoms with van der Waals surface area (Å²) in [6, 6.07) is 6.93. The number of halogens is 1. The van der Waals surface area contributed by atoms with Crippen LogP contribution < -0.4 is 11.1 Å². The third-order valence-electron chi connectivity index (χ3n) is 2.62. The van der Waals surface area contributed by atoms with Crippen molar-refractivity contribution in [1.29, 1.82) is 0 Å². The maximum Gasteiger partial charge on any atom is 0.255 e. The lowest BCUT2D eigenvalue weighted by Gasteiger charge is -2.16. The average molecular weight is 286 g/mol. The van der Waals surface area contributed by atoms with Crippen LogP contribution in [-0.4, -0.2) is 37.4 Å². The van der Waals surface area contributed by atoms with E-state index >= 15 is 0 Å². The van der Waals surface area contributed by atoms with E-state index < -0.39 is 0 Å². The van der Waals surface area contributed by atoms with Crippen molar-refractivity contribution in [2.75, 3.05) is 26.0 Å². The Morgan fingerprint density at radius 1 is 1.32 bits per heavy atom. The Balaban J connectivity index is 0.00000324. The summed E-state index contributed by atoms with van der Waals surface area (Å²) in [6.07, 6.45) is 0. The van der Waals surface area contributed by atoms with E-state index in [-0.39, 0.29) is 36.7 Å². The Bertz CT molecular complexity index is 449. The van der Waals surface area contributed by atoms with Crippen LogP contribution in [0.4, 0.5) is 5.69 Å². The first kappa shape index (κ1) is 17.4. The Morgan fingerprint density at radius 3 is 2.42 bits per heavy atom. The van der Waals surface area contributed by atoms with Gasteiger partial charge in [-0.2, -0.15) is 0 Å². The van der Waals surface area contributed by atoms with E-state index in [1.807, 2.05) is 0 Å². The summed E-state index contributed by atoms with van der Waals surface area (Å²) in [5.41, 5.74) is 6.42. The number of nitrogens with zero attached hydrogens (tertiary/aromatic N) is 1.